The number of hydrogen-bond donors (Lipinski definition) is 1. The standard InChI is InChI=1S/C16H27NO/c1-5-13-18-15-11-7-6-9-14(15)10-8-12-17-16(2,3)4/h6-7,9,11,17H,5,8,10,12-13H2,1-4H3. The maximum Gasteiger partial charge on any atom is 0.122 e. The summed E-state index contributed by atoms with van der Waals surface area (Å²) in [5, 5.41) is 3.51. The van der Waals surface area contributed by atoms with Crippen molar-refractivity contribution in [3.05, 3.63) is 29.8 Å². The van der Waals surface area contributed by atoms with Crippen molar-refractivity contribution in [2.75, 3.05) is 13.2 Å². The normalized spacial score (nSPS) is 11.6. The van der Waals surface area contributed by atoms with Crippen molar-refractivity contribution >= 4 is 0 Å². The Kier molecular flexibility index (Phi) is 6.20. The minimum atomic E-state index is 0.207. The summed E-state index contributed by atoms with van der Waals surface area (Å²) in [5.41, 5.74) is 1.53. The molecular weight excluding hydrogens is 222 g/mol. The van der Waals surface area contributed by atoms with Crippen LogP contribution in [0.1, 0.15) is 46.1 Å². The average molecular weight is 249 g/mol. The zero-order chi connectivity index (χ0) is 13.4. The number of benzene rings is 1. The van der Waals surface area contributed by atoms with E-state index in [4.69, 9.17) is 4.74 Å². The van der Waals surface area contributed by atoms with Crippen molar-refractivity contribution in [1.82, 2.24) is 5.32 Å². The first kappa shape index (κ1) is 15.0. The van der Waals surface area contributed by atoms with Gasteiger partial charge >= 0.3 is 0 Å². The van der Waals surface area contributed by atoms with Gasteiger partial charge in [-0.1, -0.05) is 25.1 Å². The predicted molar refractivity (Wildman–Crippen MR) is 78.3 cm³/mol. The number of rotatable bonds is 7. The summed E-state index contributed by atoms with van der Waals surface area (Å²) in [6, 6.07) is 8.37. The molecule has 0 amide bonds. The van der Waals surface area contributed by atoms with E-state index < -0.39 is 0 Å². The van der Waals surface area contributed by atoms with Crippen LogP contribution in [0.3, 0.4) is 0 Å². The molecule has 0 heterocycles. The molecule has 0 aliphatic carbocycles. The van der Waals surface area contributed by atoms with Crippen LogP contribution in [0.15, 0.2) is 24.3 Å². The van der Waals surface area contributed by atoms with Crippen LogP contribution in [0.4, 0.5) is 0 Å². The summed E-state index contributed by atoms with van der Waals surface area (Å²) in [4.78, 5) is 0. The van der Waals surface area contributed by atoms with Gasteiger partial charge in [0, 0.05) is 5.54 Å². The van der Waals surface area contributed by atoms with Crippen molar-refractivity contribution < 1.29 is 4.74 Å². The fourth-order valence-electron chi connectivity index (χ4n) is 1.81. The number of aryl methyl sites for hydroxylation is 1. The molecule has 0 saturated carbocycles. The van der Waals surface area contributed by atoms with Crippen molar-refractivity contribution in [1.29, 1.82) is 0 Å². The van der Waals surface area contributed by atoms with Crippen molar-refractivity contribution in [3.63, 3.8) is 0 Å². The van der Waals surface area contributed by atoms with Gasteiger partial charge in [0.15, 0.2) is 0 Å². The second kappa shape index (κ2) is 7.42. The molecule has 0 saturated heterocycles. The molecule has 0 aliphatic heterocycles. The number of hydrogen-bond acceptors (Lipinski definition) is 2. The highest BCUT2D eigenvalue weighted by atomic mass is 16.5. The molecular formula is C16H27NO. The van der Waals surface area contributed by atoms with E-state index in [-0.39, 0.29) is 5.54 Å². The van der Waals surface area contributed by atoms with Crippen molar-refractivity contribution in [2.24, 2.45) is 0 Å². The Bertz CT molecular complexity index is 341. The van der Waals surface area contributed by atoms with E-state index in [1.54, 1.807) is 0 Å². The molecule has 0 bridgehead atoms. The lowest BCUT2D eigenvalue weighted by Crippen LogP contribution is -2.36. The molecule has 1 N–H and O–H groups in total. The van der Waals surface area contributed by atoms with Crippen LogP contribution in [0.5, 0.6) is 5.75 Å². The van der Waals surface area contributed by atoms with E-state index in [1.807, 2.05) is 6.07 Å². The Morgan fingerprint density at radius 3 is 2.56 bits per heavy atom. The van der Waals surface area contributed by atoms with Gasteiger partial charge < -0.3 is 10.1 Å². The van der Waals surface area contributed by atoms with Crippen LogP contribution in [0.2, 0.25) is 0 Å². The summed E-state index contributed by atoms with van der Waals surface area (Å²) >= 11 is 0. The SMILES string of the molecule is CCCOc1ccccc1CCCNC(C)(C)C. The van der Waals surface area contributed by atoms with Crippen LogP contribution in [0.25, 0.3) is 0 Å². The van der Waals surface area contributed by atoms with Gasteiger partial charge in [-0.2, -0.15) is 0 Å². The third kappa shape index (κ3) is 6.06. The zero-order valence-electron chi connectivity index (χ0n) is 12.3. The van der Waals surface area contributed by atoms with Crippen molar-refractivity contribution in [3.8, 4) is 5.75 Å². The molecule has 0 fully saturated rings. The molecule has 2 nitrogen and oxygen atoms in total. The first-order chi connectivity index (χ1) is 8.53. The fraction of sp³-hybridized carbons (Fsp3) is 0.625. The molecule has 2 heteroatoms. The largest absolute Gasteiger partial charge is 0.493 e. The molecule has 102 valence electrons. The lowest BCUT2D eigenvalue weighted by molar-refractivity contribution is 0.313. The van der Waals surface area contributed by atoms with Crippen LogP contribution < -0.4 is 10.1 Å². The van der Waals surface area contributed by atoms with Gasteiger partial charge in [0.2, 0.25) is 0 Å². The van der Waals surface area contributed by atoms with Gasteiger partial charge in [0.25, 0.3) is 0 Å². The van der Waals surface area contributed by atoms with Gasteiger partial charge in [0.1, 0.15) is 5.75 Å². The monoisotopic (exact) mass is 249 g/mol. The number of para-hydroxylation sites is 1. The van der Waals surface area contributed by atoms with Gasteiger partial charge in [-0.25, -0.2) is 0 Å². The quantitative estimate of drug-likeness (QED) is 0.742. The highest BCUT2D eigenvalue weighted by Gasteiger charge is 2.08. The molecule has 0 atom stereocenters. The molecule has 0 aliphatic rings. The van der Waals surface area contributed by atoms with E-state index >= 15 is 0 Å². The number of nitrogens with one attached hydrogen (secondary N) is 1. The van der Waals surface area contributed by atoms with Crippen LogP contribution in [-0.4, -0.2) is 18.7 Å². The second-order valence-corrected chi connectivity index (χ2v) is 5.74. The summed E-state index contributed by atoms with van der Waals surface area (Å²) in [7, 11) is 0. The molecule has 0 unspecified atom stereocenters. The average Bonchev–Trinajstić information content (AvgIpc) is 2.32. The van der Waals surface area contributed by atoms with Crippen LogP contribution >= 0.6 is 0 Å². The maximum atomic E-state index is 5.76. The molecule has 1 aromatic carbocycles. The smallest absolute Gasteiger partial charge is 0.122 e. The minimum absolute atomic E-state index is 0.207. The number of ether oxygens (including phenoxy) is 1. The first-order valence-corrected chi connectivity index (χ1v) is 6.98. The third-order valence-electron chi connectivity index (χ3n) is 2.71. The Hall–Kier alpha value is -1.02. The fourth-order valence-corrected chi connectivity index (χ4v) is 1.81. The highest BCUT2D eigenvalue weighted by molar-refractivity contribution is 5.33. The van der Waals surface area contributed by atoms with E-state index in [2.05, 4.69) is 51.2 Å². The summed E-state index contributed by atoms with van der Waals surface area (Å²) in [5.74, 6) is 1.05. The van der Waals surface area contributed by atoms with Crippen molar-refractivity contribution in [2.45, 2.75) is 52.5 Å². The summed E-state index contributed by atoms with van der Waals surface area (Å²) in [6.45, 7) is 10.6. The van der Waals surface area contributed by atoms with E-state index in [0.717, 1.165) is 38.2 Å². The van der Waals surface area contributed by atoms with Gasteiger partial charge in [-0.05, 0) is 58.2 Å². The van der Waals surface area contributed by atoms with E-state index in [1.165, 1.54) is 5.56 Å². The zero-order valence-corrected chi connectivity index (χ0v) is 12.3. The molecule has 1 aromatic rings. The maximum absolute atomic E-state index is 5.76. The topological polar surface area (TPSA) is 21.3 Å². The Balaban J connectivity index is 2.41. The lowest BCUT2D eigenvalue weighted by atomic mass is 10.1. The highest BCUT2D eigenvalue weighted by Crippen LogP contribution is 2.19. The van der Waals surface area contributed by atoms with Gasteiger partial charge in [-0.15, -0.1) is 0 Å². The van der Waals surface area contributed by atoms with Gasteiger partial charge in [0.05, 0.1) is 6.61 Å². The minimum Gasteiger partial charge on any atom is -0.493 e. The second-order valence-electron chi connectivity index (χ2n) is 5.74. The Morgan fingerprint density at radius 1 is 1.17 bits per heavy atom. The summed E-state index contributed by atoms with van der Waals surface area (Å²) < 4.78 is 5.76. The third-order valence-corrected chi connectivity index (χ3v) is 2.71. The molecule has 0 aromatic heterocycles. The van der Waals surface area contributed by atoms with Crippen LogP contribution in [0, 0.1) is 0 Å². The summed E-state index contributed by atoms with van der Waals surface area (Å²) in [6.07, 6.45) is 3.27. The van der Waals surface area contributed by atoms with Crippen LogP contribution in [-0.2, 0) is 6.42 Å². The molecule has 0 radical (unpaired) electrons. The lowest BCUT2D eigenvalue weighted by Gasteiger charge is -2.20. The molecule has 18 heavy (non-hydrogen) atoms. The Morgan fingerprint density at radius 2 is 1.89 bits per heavy atom. The molecule has 1 rings (SSSR count). The molecule has 0 spiro atoms. The van der Waals surface area contributed by atoms with Gasteiger partial charge in [-0.3, -0.25) is 0 Å². The predicted octanol–water partition coefficient (Wildman–Crippen LogP) is 3.80. The first-order valence-electron chi connectivity index (χ1n) is 6.98. The van der Waals surface area contributed by atoms with E-state index in [9.17, 15) is 0 Å². The Labute approximate surface area is 112 Å². The van der Waals surface area contributed by atoms with E-state index in [0.29, 0.717) is 0 Å².